The van der Waals surface area contributed by atoms with Gasteiger partial charge in [0.15, 0.2) is 5.11 Å². The molecule has 1 aliphatic heterocycles. The van der Waals surface area contributed by atoms with Crippen LogP contribution in [0, 0.1) is 0 Å². The molecular weight excluding hydrogens is 330 g/mol. The third kappa shape index (κ3) is 4.44. The van der Waals surface area contributed by atoms with Gasteiger partial charge in [-0.1, -0.05) is 60.7 Å². The highest BCUT2D eigenvalue weighted by molar-refractivity contribution is 7.80. The molecule has 0 radical (unpaired) electrons. The van der Waals surface area contributed by atoms with E-state index in [4.69, 9.17) is 12.2 Å². The lowest BCUT2D eigenvalue weighted by molar-refractivity contribution is -0.120. The number of carbonyl (C=O) groups excluding carboxylic acids is 1. The minimum Gasteiger partial charge on any atom is -0.346 e. The molecule has 0 saturated carbocycles. The van der Waals surface area contributed by atoms with Gasteiger partial charge in [-0.3, -0.25) is 4.79 Å². The third-order valence-corrected chi connectivity index (χ3v) is 4.91. The van der Waals surface area contributed by atoms with Crippen LogP contribution in [0.4, 0.5) is 0 Å². The Bertz CT molecular complexity index is 673. The number of nitrogens with one attached hydrogen (secondary N) is 1. The first-order valence-corrected chi connectivity index (χ1v) is 8.94. The first kappa shape index (κ1) is 17.6. The predicted octanol–water partition coefficient (Wildman–Crippen LogP) is 2.47. The van der Waals surface area contributed by atoms with E-state index in [-0.39, 0.29) is 11.8 Å². The van der Waals surface area contributed by atoms with Crippen molar-refractivity contribution in [3.63, 3.8) is 0 Å². The first-order valence-electron chi connectivity index (χ1n) is 8.53. The van der Waals surface area contributed by atoms with Gasteiger partial charge >= 0.3 is 0 Å². The molecule has 2 aromatic carbocycles. The monoisotopic (exact) mass is 353 g/mol. The summed E-state index contributed by atoms with van der Waals surface area (Å²) < 4.78 is 0. The lowest BCUT2D eigenvalue weighted by Crippen LogP contribution is -2.52. The molecular formula is C20H23N3OS. The SMILES string of the molecule is CN1CCN(C(=S)NC(=O)C(c2ccccc2)c2ccccc2)CC1. The summed E-state index contributed by atoms with van der Waals surface area (Å²) in [6, 6.07) is 19.7. The molecule has 0 aromatic heterocycles. The van der Waals surface area contributed by atoms with Crippen molar-refractivity contribution in [2.75, 3.05) is 33.2 Å². The zero-order chi connectivity index (χ0) is 17.6. The Balaban J connectivity index is 1.77. The average Bonchev–Trinajstić information content (AvgIpc) is 2.64. The highest BCUT2D eigenvalue weighted by Crippen LogP contribution is 2.24. The molecule has 1 amide bonds. The van der Waals surface area contributed by atoms with Gasteiger partial charge in [-0.05, 0) is 30.4 Å². The molecule has 0 bridgehead atoms. The van der Waals surface area contributed by atoms with Crippen LogP contribution in [0.25, 0.3) is 0 Å². The van der Waals surface area contributed by atoms with Crippen LogP contribution in [0.5, 0.6) is 0 Å². The maximum atomic E-state index is 13.0. The largest absolute Gasteiger partial charge is 0.346 e. The van der Waals surface area contributed by atoms with E-state index in [0.29, 0.717) is 5.11 Å². The zero-order valence-corrected chi connectivity index (χ0v) is 15.2. The average molecular weight is 353 g/mol. The lowest BCUT2D eigenvalue weighted by Gasteiger charge is -2.34. The van der Waals surface area contributed by atoms with Crippen molar-refractivity contribution < 1.29 is 4.79 Å². The summed E-state index contributed by atoms with van der Waals surface area (Å²) in [7, 11) is 2.10. The van der Waals surface area contributed by atoms with Gasteiger partial charge in [0.05, 0.1) is 5.92 Å². The predicted molar refractivity (Wildman–Crippen MR) is 105 cm³/mol. The maximum Gasteiger partial charge on any atom is 0.238 e. The number of hydrogen-bond acceptors (Lipinski definition) is 3. The first-order chi connectivity index (χ1) is 12.1. The second kappa shape index (κ2) is 8.23. The van der Waals surface area contributed by atoms with Crippen LogP contribution in [-0.4, -0.2) is 54.0 Å². The van der Waals surface area contributed by atoms with Crippen LogP contribution in [0.2, 0.25) is 0 Å². The van der Waals surface area contributed by atoms with Crippen LogP contribution < -0.4 is 5.32 Å². The summed E-state index contributed by atoms with van der Waals surface area (Å²) >= 11 is 5.48. The van der Waals surface area contributed by atoms with E-state index in [1.165, 1.54) is 0 Å². The molecule has 4 nitrogen and oxygen atoms in total. The molecule has 0 aliphatic carbocycles. The Labute approximate surface area is 154 Å². The van der Waals surface area contributed by atoms with Crippen molar-refractivity contribution in [2.24, 2.45) is 0 Å². The van der Waals surface area contributed by atoms with E-state index >= 15 is 0 Å². The van der Waals surface area contributed by atoms with Gasteiger partial charge in [-0.2, -0.15) is 0 Å². The summed E-state index contributed by atoms with van der Waals surface area (Å²) in [4.78, 5) is 17.4. The summed E-state index contributed by atoms with van der Waals surface area (Å²) in [5.41, 5.74) is 1.93. The summed E-state index contributed by atoms with van der Waals surface area (Å²) in [5.74, 6) is -0.450. The Morgan fingerprint density at radius 2 is 1.40 bits per heavy atom. The van der Waals surface area contributed by atoms with E-state index < -0.39 is 0 Å². The van der Waals surface area contributed by atoms with Gasteiger partial charge in [0.25, 0.3) is 0 Å². The number of hydrogen-bond donors (Lipinski definition) is 1. The smallest absolute Gasteiger partial charge is 0.238 e. The van der Waals surface area contributed by atoms with Gasteiger partial charge < -0.3 is 15.1 Å². The fourth-order valence-electron chi connectivity index (χ4n) is 3.05. The van der Waals surface area contributed by atoms with Gasteiger partial charge in [0, 0.05) is 26.2 Å². The maximum absolute atomic E-state index is 13.0. The van der Waals surface area contributed by atoms with Crippen molar-refractivity contribution in [3.05, 3.63) is 71.8 Å². The van der Waals surface area contributed by atoms with Crippen LogP contribution in [0.3, 0.4) is 0 Å². The van der Waals surface area contributed by atoms with E-state index in [9.17, 15) is 4.79 Å². The molecule has 25 heavy (non-hydrogen) atoms. The van der Waals surface area contributed by atoms with Crippen molar-refractivity contribution in [2.45, 2.75) is 5.92 Å². The van der Waals surface area contributed by atoms with Gasteiger partial charge in [0.1, 0.15) is 0 Å². The quantitative estimate of drug-likeness (QED) is 0.860. The minimum absolute atomic E-state index is 0.0821. The minimum atomic E-state index is -0.368. The Hall–Kier alpha value is -2.24. The number of benzene rings is 2. The van der Waals surface area contributed by atoms with Crippen LogP contribution in [0.1, 0.15) is 17.0 Å². The second-order valence-corrected chi connectivity index (χ2v) is 6.73. The van der Waals surface area contributed by atoms with E-state index in [1.807, 2.05) is 60.7 Å². The molecule has 1 fully saturated rings. The molecule has 130 valence electrons. The molecule has 1 heterocycles. The zero-order valence-electron chi connectivity index (χ0n) is 14.4. The highest BCUT2D eigenvalue weighted by atomic mass is 32.1. The highest BCUT2D eigenvalue weighted by Gasteiger charge is 2.25. The summed E-state index contributed by atoms with van der Waals surface area (Å²) in [6.07, 6.45) is 0. The van der Waals surface area contributed by atoms with Crippen molar-refractivity contribution >= 4 is 23.2 Å². The van der Waals surface area contributed by atoms with Gasteiger partial charge in [-0.15, -0.1) is 0 Å². The van der Waals surface area contributed by atoms with Gasteiger partial charge in [-0.25, -0.2) is 0 Å². The van der Waals surface area contributed by atoms with Crippen molar-refractivity contribution in [3.8, 4) is 0 Å². The Morgan fingerprint density at radius 1 is 0.920 bits per heavy atom. The number of rotatable bonds is 3. The number of nitrogens with zero attached hydrogens (tertiary/aromatic N) is 2. The topological polar surface area (TPSA) is 35.6 Å². The normalized spacial score (nSPS) is 15.2. The molecule has 1 N–H and O–H groups in total. The Morgan fingerprint density at radius 3 is 1.88 bits per heavy atom. The molecule has 1 saturated heterocycles. The molecule has 0 atom stereocenters. The molecule has 0 spiro atoms. The number of piperazine rings is 1. The fourth-order valence-corrected chi connectivity index (χ4v) is 3.34. The Kier molecular flexibility index (Phi) is 5.79. The second-order valence-electron chi connectivity index (χ2n) is 6.34. The van der Waals surface area contributed by atoms with E-state index in [0.717, 1.165) is 37.3 Å². The fraction of sp³-hybridized carbons (Fsp3) is 0.300. The van der Waals surface area contributed by atoms with Gasteiger partial charge in [0.2, 0.25) is 5.91 Å². The molecule has 5 heteroatoms. The molecule has 3 rings (SSSR count). The summed E-state index contributed by atoms with van der Waals surface area (Å²) in [5, 5.41) is 3.48. The van der Waals surface area contributed by atoms with Crippen LogP contribution in [-0.2, 0) is 4.79 Å². The van der Waals surface area contributed by atoms with Crippen LogP contribution in [0.15, 0.2) is 60.7 Å². The van der Waals surface area contributed by atoms with E-state index in [1.54, 1.807) is 0 Å². The number of amides is 1. The van der Waals surface area contributed by atoms with Crippen molar-refractivity contribution in [1.82, 2.24) is 15.1 Å². The number of carbonyl (C=O) groups is 1. The lowest BCUT2D eigenvalue weighted by atomic mass is 9.90. The standard InChI is InChI=1S/C20H23N3OS/c1-22-12-14-23(15-13-22)20(25)21-19(24)18(16-8-4-2-5-9-16)17-10-6-3-7-11-17/h2-11,18H,12-15H2,1H3,(H,21,24,25). The van der Waals surface area contributed by atoms with E-state index in [2.05, 4.69) is 22.2 Å². The number of likely N-dealkylation sites (N-methyl/N-ethyl adjacent to an activating group) is 1. The van der Waals surface area contributed by atoms with Crippen LogP contribution >= 0.6 is 12.2 Å². The molecule has 0 unspecified atom stereocenters. The third-order valence-electron chi connectivity index (χ3n) is 4.55. The number of thiocarbonyl (C=S) groups is 1. The van der Waals surface area contributed by atoms with Crippen molar-refractivity contribution in [1.29, 1.82) is 0 Å². The molecule has 1 aliphatic rings. The molecule has 2 aromatic rings. The summed E-state index contributed by atoms with van der Waals surface area (Å²) in [6.45, 7) is 3.60.